The summed E-state index contributed by atoms with van der Waals surface area (Å²) in [7, 11) is 0. The second kappa shape index (κ2) is 10.7. The van der Waals surface area contributed by atoms with Gasteiger partial charge in [-0.15, -0.1) is 0 Å². The van der Waals surface area contributed by atoms with Gasteiger partial charge in [0.25, 0.3) is 11.5 Å². The molecule has 0 aromatic carbocycles. The molecule has 0 unspecified atom stereocenters. The van der Waals surface area contributed by atoms with E-state index in [2.05, 4.69) is 24.8 Å². The first kappa shape index (κ1) is 28.1. The van der Waals surface area contributed by atoms with Crippen molar-refractivity contribution >= 4 is 28.7 Å². The summed E-state index contributed by atoms with van der Waals surface area (Å²) in [4.78, 5) is 57.7. The van der Waals surface area contributed by atoms with Crippen molar-refractivity contribution in [2.24, 2.45) is 5.41 Å². The minimum Gasteiger partial charge on any atom is -0.444 e. The van der Waals surface area contributed by atoms with E-state index < -0.39 is 5.60 Å². The van der Waals surface area contributed by atoms with Crippen LogP contribution in [-0.4, -0.2) is 99.6 Å². The van der Waals surface area contributed by atoms with Gasteiger partial charge < -0.3 is 24.4 Å². The lowest BCUT2D eigenvalue weighted by atomic mass is 9.73. The molecule has 11 nitrogen and oxygen atoms in total. The van der Waals surface area contributed by atoms with Crippen molar-refractivity contribution in [2.75, 3.05) is 57.3 Å². The van der Waals surface area contributed by atoms with Gasteiger partial charge in [0.15, 0.2) is 0 Å². The summed E-state index contributed by atoms with van der Waals surface area (Å²) in [5.74, 6) is -0.0658. The summed E-state index contributed by atoms with van der Waals surface area (Å²) in [6, 6.07) is 7.69. The number of aryl methyl sites for hydroxylation is 1. The molecule has 0 bridgehead atoms. The third-order valence-corrected chi connectivity index (χ3v) is 8.36. The molecular formula is C31H39N7O4. The zero-order valence-corrected chi connectivity index (χ0v) is 24.9. The lowest BCUT2D eigenvalue weighted by Crippen LogP contribution is -2.73. The Morgan fingerprint density at radius 2 is 1.69 bits per heavy atom. The first-order valence-corrected chi connectivity index (χ1v) is 14.7. The summed E-state index contributed by atoms with van der Waals surface area (Å²) in [5, 5.41) is 0. The number of nitrogens with zero attached hydrogens (tertiary/aromatic N) is 6. The molecule has 3 aliphatic heterocycles. The van der Waals surface area contributed by atoms with Gasteiger partial charge in [0.2, 0.25) is 0 Å². The number of aromatic amines is 1. The Labute approximate surface area is 245 Å². The van der Waals surface area contributed by atoms with Crippen LogP contribution in [0.4, 0.5) is 10.5 Å². The van der Waals surface area contributed by atoms with E-state index in [1.165, 1.54) is 0 Å². The number of piperazine rings is 1. The quantitative estimate of drug-likeness (QED) is 0.496. The number of nitrogens with one attached hydrogen (secondary N) is 1. The number of H-pyrrole nitrogens is 1. The molecule has 3 aliphatic rings. The largest absolute Gasteiger partial charge is 0.444 e. The number of likely N-dealkylation sites (tertiary alicyclic amines) is 2. The molecule has 1 N–H and O–H groups in total. The predicted octanol–water partition coefficient (Wildman–Crippen LogP) is 2.90. The molecule has 2 amide bonds. The van der Waals surface area contributed by atoms with Crippen LogP contribution in [0.25, 0.3) is 11.0 Å². The van der Waals surface area contributed by atoms with Gasteiger partial charge in [-0.1, -0.05) is 6.92 Å². The van der Waals surface area contributed by atoms with Crippen LogP contribution in [-0.2, 0) is 17.7 Å². The van der Waals surface area contributed by atoms with Crippen LogP contribution in [0, 0.1) is 5.41 Å². The highest BCUT2D eigenvalue weighted by Crippen LogP contribution is 2.40. The fraction of sp³-hybridized carbons (Fsp3) is 0.516. The number of aromatic nitrogens is 3. The van der Waals surface area contributed by atoms with Crippen LogP contribution in [0.5, 0.6) is 0 Å². The number of amides is 2. The number of hydrogen-bond acceptors (Lipinski definition) is 8. The minimum absolute atomic E-state index is 0.00901. The highest BCUT2D eigenvalue weighted by molar-refractivity contribution is 5.93. The Morgan fingerprint density at radius 3 is 2.33 bits per heavy atom. The van der Waals surface area contributed by atoms with Crippen molar-refractivity contribution in [1.29, 1.82) is 0 Å². The van der Waals surface area contributed by atoms with Crippen LogP contribution < -0.4 is 10.5 Å². The van der Waals surface area contributed by atoms with Crippen molar-refractivity contribution < 1.29 is 14.3 Å². The van der Waals surface area contributed by atoms with Gasteiger partial charge in [-0.3, -0.25) is 19.5 Å². The van der Waals surface area contributed by atoms with Crippen molar-refractivity contribution in [3.8, 4) is 0 Å². The van der Waals surface area contributed by atoms with Gasteiger partial charge in [0.05, 0.1) is 22.9 Å². The minimum atomic E-state index is -0.509. The van der Waals surface area contributed by atoms with Crippen molar-refractivity contribution in [2.45, 2.75) is 46.3 Å². The summed E-state index contributed by atoms with van der Waals surface area (Å²) in [5.41, 5.74) is 4.31. The molecule has 0 aliphatic carbocycles. The van der Waals surface area contributed by atoms with Gasteiger partial charge in [-0.05, 0) is 57.0 Å². The second-order valence-corrected chi connectivity index (χ2v) is 12.9. The zero-order valence-electron chi connectivity index (χ0n) is 24.9. The number of carbonyl (C=O) groups excluding carboxylic acids is 2. The molecule has 1 spiro atoms. The van der Waals surface area contributed by atoms with Gasteiger partial charge in [0, 0.05) is 76.1 Å². The summed E-state index contributed by atoms with van der Waals surface area (Å²) in [6.07, 6.45) is 4.09. The number of hydrogen-bond donors (Lipinski definition) is 1. The molecule has 3 saturated heterocycles. The molecule has 6 rings (SSSR count). The summed E-state index contributed by atoms with van der Waals surface area (Å²) >= 11 is 0. The first-order chi connectivity index (χ1) is 20.0. The molecule has 222 valence electrons. The molecule has 0 radical (unpaired) electrons. The third-order valence-electron chi connectivity index (χ3n) is 8.36. The van der Waals surface area contributed by atoms with E-state index in [0.717, 1.165) is 60.6 Å². The molecule has 3 aromatic rings. The average molecular weight is 574 g/mol. The molecule has 11 heteroatoms. The van der Waals surface area contributed by atoms with E-state index in [0.29, 0.717) is 38.3 Å². The highest BCUT2D eigenvalue weighted by Gasteiger charge is 2.55. The maximum Gasteiger partial charge on any atom is 0.410 e. The number of carbonyl (C=O) groups is 2. The molecule has 0 saturated carbocycles. The number of ether oxygens (including phenoxy) is 1. The van der Waals surface area contributed by atoms with Gasteiger partial charge >= 0.3 is 6.09 Å². The Balaban J connectivity index is 0.973. The number of rotatable bonds is 5. The molecule has 3 fully saturated rings. The Hall–Kier alpha value is -3.99. The van der Waals surface area contributed by atoms with Gasteiger partial charge in [0.1, 0.15) is 11.3 Å². The summed E-state index contributed by atoms with van der Waals surface area (Å²) < 4.78 is 5.44. The van der Waals surface area contributed by atoms with Crippen molar-refractivity contribution in [1.82, 2.24) is 29.7 Å². The SMILES string of the molecule is CCc1cc2ncc(CN3CCN(c4ccc(C(=O)N5CC6(CN(C(=O)OC(C)(C)C)C6)C5)nc4)CC3)cc2[nH]c1=O. The Morgan fingerprint density at radius 1 is 0.976 bits per heavy atom. The van der Waals surface area contributed by atoms with E-state index in [4.69, 9.17) is 4.74 Å². The Bertz CT molecular complexity index is 1540. The van der Waals surface area contributed by atoms with Crippen LogP contribution in [0.15, 0.2) is 41.5 Å². The number of pyridine rings is 3. The topological polar surface area (TPSA) is 115 Å². The van der Waals surface area contributed by atoms with Crippen LogP contribution >= 0.6 is 0 Å². The molecular weight excluding hydrogens is 534 g/mol. The van der Waals surface area contributed by atoms with Crippen LogP contribution in [0.2, 0.25) is 0 Å². The van der Waals surface area contributed by atoms with Crippen LogP contribution in [0.3, 0.4) is 0 Å². The van der Waals surface area contributed by atoms with Crippen molar-refractivity contribution in [3.05, 3.63) is 63.8 Å². The van der Waals surface area contributed by atoms with E-state index >= 15 is 0 Å². The predicted molar refractivity (Wildman–Crippen MR) is 160 cm³/mol. The summed E-state index contributed by atoms with van der Waals surface area (Å²) in [6.45, 7) is 14.3. The maximum absolute atomic E-state index is 13.0. The fourth-order valence-electron chi connectivity index (χ4n) is 6.13. The average Bonchev–Trinajstić information content (AvgIpc) is 2.90. The second-order valence-electron chi connectivity index (χ2n) is 12.9. The number of fused-ring (bicyclic) bond motifs is 1. The van der Waals surface area contributed by atoms with E-state index in [1.54, 1.807) is 11.1 Å². The van der Waals surface area contributed by atoms with Crippen LogP contribution in [0.1, 0.15) is 49.3 Å². The molecule has 0 atom stereocenters. The molecule has 42 heavy (non-hydrogen) atoms. The standard InChI is InChI=1S/C31H39N7O4/c1-5-22-13-25-26(34-27(22)39)12-21(14-32-25)16-35-8-10-36(11-9-35)23-6-7-24(33-15-23)28(40)37-17-31(18-37)19-38(20-31)29(41)42-30(2,3)4/h6-7,12-15H,5,8-11,16-20H2,1-4H3,(H,34,39). The van der Waals surface area contributed by atoms with E-state index in [1.807, 2.05) is 63.1 Å². The number of anilines is 1. The van der Waals surface area contributed by atoms with Crippen molar-refractivity contribution in [3.63, 3.8) is 0 Å². The molecule has 3 aromatic heterocycles. The van der Waals surface area contributed by atoms with E-state index in [9.17, 15) is 14.4 Å². The fourth-order valence-corrected chi connectivity index (χ4v) is 6.13. The van der Waals surface area contributed by atoms with E-state index in [-0.39, 0.29) is 23.0 Å². The lowest BCUT2D eigenvalue weighted by Gasteiger charge is -2.59. The van der Waals surface area contributed by atoms with Gasteiger partial charge in [-0.25, -0.2) is 9.78 Å². The first-order valence-electron chi connectivity index (χ1n) is 14.7. The lowest BCUT2D eigenvalue weighted by molar-refractivity contribution is -0.0981. The zero-order chi connectivity index (χ0) is 29.6. The highest BCUT2D eigenvalue weighted by atomic mass is 16.6. The third kappa shape index (κ3) is 5.70. The maximum atomic E-state index is 13.0. The Kier molecular flexibility index (Phi) is 7.16. The normalized spacial score (nSPS) is 18.6. The molecule has 6 heterocycles. The monoisotopic (exact) mass is 573 g/mol. The smallest absolute Gasteiger partial charge is 0.410 e. The van der Waals surface area contributed by atoms with Gasteiger partial charge in [-0.2, -0.15) is 0 Å².